The molecule has 42 heteroatoms. The van der Waals surface area contributed by atoms with E-state index in [1.807, 2.05) is 42.5 Å². The van der Waals surface area contributed by atoms with Crippen LogP contribution in [0, 0.1) is 34.0 Å². The second kappa shape index (κ2) is 44.4. The number of rotatable bonds is 56. The van der Waals surface area contributed by atoms with Gasteiger partial charge >= 0.3 is 53.7 Å². The fourth-order valence-electron chi connectivity index (χ4n) is 20.9. The van der Waals surface area contributed by atoms with Gasteiger partial charge in [0.15, 0.2) is 5.71 Å². The van der Waals surface area contributed by atoms with E-state index in [1.165, 1.54) is 24.3 Å². The molecule has 4 bridgehead atoms. The molecule has 6 unspecified atom stereocenters. The number of allylic oxidation sites excluding steroid dienone is 5. The minimum Gasteiger partial charge on any atom is -0.481 e. The number of carbonyl (C=O) groups excluding carboxylic acids is 4. The number of carboxylic acid groups (broad SMARTS) is 9. The Hall–Kier alpha value is -10.4. The van der Waals surface area contributed by atoms with Gasteiger partial charge in [-0.1, -0.05) is 56.3 Å². The minimum absolute atomic E-state index is 0.0619. The van der Waals surface area contributed by atoms with Gasteiger partial charge in [0.2, 0.25) is 51.4 Å². The maximum atomic E-state index is 15.2. The summed E-state index contributed by atoms with van der Waals surface area (Å²) in [6.07, 6.45) is -1.67. The van der Waals surface area contributed by atoms with Gasteiger partial charge in [-0.3, -0.25) is 71.2 Å². The SMILES string of the molecule is CC1(C)C(C/C=C2\CCCC(/C=C/C3=[N+](CCCCCC(=O)NC45CC6(CCC(=O)N[C@@H](CCP(=O)(O)CC(CCC(=O)O)C(=O)O)C(=O)O)CC(CCC(=O)N[C@@H](CCP(=O)(O)CC(CCC(=O)O)C(=O)O)C(=O)O)(CC(CCC(=O)N[C@@H](CCP(=O)(O)CC(CCC(=O)O)C(=O)O)C(=O)O)(C6)C4)C5)c4ccccc4C3(C)C)=C2Oc2ccc(S(=O)(=O)O)cc2)=Nc2ccccc21. The normalized spacial score (nSPS) is 22.8. The third-order valence-electron chi connectivity index (χ3n) is 26.8. The number of fused-ring (bicyclic) bond motifs is 2. The standard InChI is InChI=1S/C91H121N6O32P3S/c1-86(2)63-15-7-9-17-65(63)92-70(86)29-20-56-13-12-14-57(79(56)129-61-25-27-62(28-26-61)133(126,127)128)21-30-71-87(3,4)64-16-8-10-18-69(64)97(71)43-11-5-6-19-75(101)96-91-53-88(40-34-72(98)93-66(83(114)115)37-44-130(120,121)47-58(80(108)109)22-31-76(102)103)50-89(54-91,41-35-73(99)94-67(84(116)117)38-45-131(122,123)48-59(81(110)111)23-32-77(104)105)52-90(51-88,55-91)42-36-74(100)95-68(85(118)119)39-46-132(124,125)49-60(82(112)113)24-33-78(106)107/h7-10,15-18,20-21,25-28,30,58-60,66-68H,5-6,11-14,19,22-24,29,31-55H2,1-4H3,(H16-,93,94,95,96,98,99,100,101,102,103,104,105,106,107,108,109,110,111,112,113,114,115,116,117,118,119,120,121,122,123,124,125,126,127,128)/p+1/b30-21+,56-20+/t58?,59?,60?,66-,67-,68-,88?,89?,90?,91?/m0/s1. The van der Waals surface area contributed by atoms with Crippen molar-refractivity contribution in [1.82, 2.24) is 21.3 Å². The average Bonchev–Trinajstić information content (AvgIpc) is 1.42. The van der Waals surface area contributed by atoms with E-state index in [2.05, 4.69) is 77.8 Å². The second-order valence-corrected chi connectivity index (χ2v) is 46.9. The fraction of sp³-hybridized carbons (Fsp3) is 0.571. The highest BCUT2D eigenvalue weighted by molar-refractivity contribution is 7.85. The molecule has 4 fully saturated rings. The van der Waals surface area contributed by atoms with Crippen LogP contribution in [-0.2, 0) is 97.0 Å². The minimum atomic E-state index is -4.53. The molecular formula is C91H122N6O32P3S+. The van der Waals surface area contributed by atoms with Crippen molar-refractivity contribution < 1.29 is 159 Å². The molecule has 0 aromatic heterocycles. The molecule has 17 N–H and O–H groups in total. The molecule has 133 heavy (non-hydrogen) atoms. The first-order valence-corrected chi connectivity index (χ1v) is 52.0. The highest BCUT2D eigenvalue weighted by Crippen LogP contribution is 2.74. The first kappa shape index (κ1) is 106. The molecule has 7 aliphatic rings. The molecule has 38 nitrogen and oxygen atoms in total. The molecule has 2 heterocycles. The van der Waals surface area contributed by atoms with E-state index in [4.69, 9.17) is 9.73 Å². The molecule has 2 aliphatic heterocycles. The number of unbranched alkanes of at least 4 members (excludes halogenated alkanes) is 2. The lowest BCUT2D eigenvalue weighted by Crippen LogP contribution is -2.69. The topological polar surface area (TPSA) is 643 Å². The van der Waals surface area contributed by atoms with E-state index in [0.29, 0.717) is 56.6 Å². The summed E-state index contributed by atoms with van der Waals surface area (Å²) in [6.45, 7) is 8.98. The third kappa shape index (κ3) is 29.6. The van der Waals surface area contributed by atoms with Crippen LogP contribution in [0.4, 0.5) is 11.4 Å². The predicted octanol–water partition coefficient (Wildman–Crippen LogP) is 11.2. The number of benzene rings is 3. The Balaban J connectivity index is 1.01. The zero-order valence-electron chi connectivity index (χ0n) is 74.8. The zero-order chi connectivity index (χ0) is 98.2. The first-order chi connectivity index (χ1) is 62.1. The number of nitrogens with one attached hydrogen (secondary N) is 4. The highest BCUT2D eigenvalue weighted by Gasteiger charge is 2.68. The van der Waals surface area contributed by atoms with Crippen LogP contribution in [0.5, 0.6) is 5.75 Å². The lowest BCUT2D eigenvalue weighted by molar-refractivity contribution is -0.438. The Kier molecular flexibility index (Phi) is 35.5. The van der Waals surface area contributed by atoms with E-state index in [-0.39, 0.29) is 74.5 Å². The quantitative estimate of drug-likeness (QED) is 0.0108. The third-order valence-corrected chi connectivity index (χ3v) is 33.5. The van der Waals surface area contributed by atoms with Crippen LogP contribution in [-0.4, -0.2) is 234 Å². The summed E-state index contributed by atoms with van der Waals surface area (Å²) in [5.41, 5.74) is 2.20. The van der Waals surface area contributed by atoms with Crippen molar-refractivity contribution in [3.8, 4) is 5.75 Å². The van der Waals surface area contributed by atoms with Crippen molar-refractivity contribution in [2.75, 3.05) is 43.5 Å². The Morgan fingerprint density at radius 1 is 0.481 bits per heavy atom. The van der Waals surface area contributed by atoms with Crippen LogP contribution < -0.4 is 26.0 Å². The zero-order valence-corrected chi connectivity index (χ0v) is 78.3. The molecule has 0 spiro atoms. The van der Waals surface area contributed by atoms with Crippen molar-refractivity contribution in [3.05, 3.63) is 119 Å². The van der Waals surface area contributed by atoms with Gasteiger partial charge in [0.1, 0.15) is 36.2 Å². The van der Waals surface area contributed by atoms with Gasteiger partial charge in [0.05, 0.1) is 33.8 Å². The Morgan fingerprint density at radius 3 is 1.31 bits per heavy atom. The molecule has 4 saturated carbocycles. The molecule has 728 valence electrons. The number of hydrogen-bond donors (Lipinski definition) is 17. The molecule has 9 atom stereocenters. The van der Waals surface area contributed by atoms with E-state index in [1.54, 1.807) is 0 Å². The number of nitrogens with zero attached hydrogens (tertiary/aromatic N) is 2. The fourth-order valence-corrected chi connectivity index (χ4v) is 27.0. The van der Waals surface area contributed by atoms with Crippen molar-refractivity contribution >= 4 is 132 Å². The summed E-state index contributed by atoms with van der Waals surface area (Å²) in [7, 11) is -18.1. The second-order valence-electron chi connectivity index (χ2n) is 38.0. The molecule has 3 aromatic rings. The van der Waals surface area contributed by atoms with Gasteiger partial charge in [0.25, 0.3) is 10.1 Å². The number of aliphatic carboxylic acids is 9. The molecule has 0 saturated heterocycles. The van der Waals surface area contributed by atoms with Gasteiger partial charge in [0, 0.05) is 129 Å². The number of ether oxygens (including phenoxy) is 1. The summed E-state index contributed by atoms with van der Waals surface area (Å²) in [6, 6.07) is 15.9. The lowest BCUT2D eigenvalue weighted by atomic mass is 9.35. The van der Waals surface area contributed by atoms with E-state index >= 15 is 4.79 Å². The maximum Gasteiger partial charge on any atom is 0.326 e. The molecule has 10 rings (SSSR count). The highest BCUT2D eigenvalue weighted by atomic mass is 32.2. The molecule has 3 aromatic carbocycles. The number of hydrogen-bond acceptors (Lipinski definition) is 20. The Morgan fingerprint density at radius 2 is 0.902 bits per heavy atom. The van der Waals surface area contributed by atoms with Crippen molar-refractivity contribution in [2.45, 2.75) is 253 Å². The summed E-state index contributed by atoms with van der Waals surface area (Å²) in [5.74, 6) is -20.8. The van der Waals surface area contributed by atoms with Crippen LogP contribution in [0.2, 0.25) is 0 Å². The van der Waals surface area contributed by atoms with Gasteiger partial charge in [-0.25, -0.2) is 14.4 Å². The van der Waals surface area contributed by atoms with Gasteiger partial charge in [-0.15, -0.1) is 0 Å². The molecule has 0 radical (unpaired) electrons. The predicted molar refractivity (Wildman–Crippen MR) is 483 cm³/mol. The van der Waals surface area contributed by atoms with Crippen molar-refractivity contribution in [2.24, 2.45) is 39.0 Å². The Labute approximate surface area is 769 Å². The number of aliphatic imine (C=N–C) groups is 1. The molecular weight excluding hydrogens is 1810 g/mol. The van der Waals surface area contributed by atoms with Crippen molar-refractivity contribution in [1.29, 1.82) is 0 Å². The van der Waals surface area contributed by atoms with Gasteiger partial charge in [-0.2, -0.15) is 13.0 Å². The maximum absolute atomic E-state index is 15.2. The van der Waals surface area contributed by atoms with Crippen molar-refractivity contribution in [3.63, 3.8) is 0 Å². The molecule has 5 aliphatic carbocycles. The summed E-state index contributed by atoms with van der Waals surface area (Å²) in [5, 5.41) is 98.7. The van der Waals surface area contributed by atoms with Crippen LogP contribution in [0.3, 0.4) is 0 Å². The van der Waals surface area contributed by atoms with Gasteiger partial charge < -0.3 is 86.6 Å². The first-order valence-electron chi connectivity index (χ1n) is 44.5. The van der Waals surface area contributed by atoms with Crippen LogP contribution >= 0.6 is 22.1 Å². The van der Waals surface area contributed by atoms with E-state index in [9.17, 15) is 145 Å². The number of carbonyl (C=O) groups is 13. The van der Waals surface area contributed by atoms with E-state index in [0.717, 1.165) is 51.5 Å². The largest absolute Gasteiger partial charge is 0.481 e. The van der Waals surface area contributed by atoms with E-state index < -0.39 is 287 Å². The summed E-state index contributed by atoms with van der Waals surface area (Å²) in [4.78, 5) is 205. The van der Waals surface area contributed by atoms with Gasteiger partial charge in [-0.05, 0) is 212 Å². The average molecular weight is 1940 g/mol. The molecule has 4 amide bonds. The summed E-state index contributed by atoms with van der Waals surface area (Å²) < 4.78 is 83.6. The van der Waals surface area contributed by atoms with Crippen LogP contribution in [0.1, 0.15) is 225 Å². The number of carboxylic acids is 9. The summed E-state index contributed by atoms with van der Waals surface area (Å²) >= 11 is 0. The smallest absolute Gasteiger partial charge is 0.326 e. The monoisotopic (exact) mass is 1940 g/mol. The number of amides is 4. The van der Waals surface area contributed by atoms with Crippen LogP contribution in [0.25, 0.3) is 0 Å². The Bertz CT molecular complexity index is 5120. The lowest BCUT2D eigenvalue weighted by Gasteiger charge is -2.71. The van der Waals surface area contributed by atoms with Crippen LogP contribution in [0.15, 0.2) is 118 Å². The number of para-hydroxylation sites is 2.